The first-order valence-corrected chi connectivity index (χ1v) is 8.80. The summed E-state index contributed by atoms with van der Waals surface area (Å²) in [5.41, 5.74) is -0.205. The van der Waals surface area contributed by atoms with E-state index in [4.69, 9.17) is 14.4 Å². The van der Waals surface area contributed by atoms with E-state index in [0.29, 0.717) is 11.1 Å². The molecule has 0 saturated heterocycles. The number of aromatic nitrogens is 2. The molecule has 2 aromatic carbocycles. The number of carbonyl (C=O) groups is 2. The Labute approximate surface area is 167 Å². The van der Waals surface area contributed by atoms with Crippen molar-refractivity contribution in [3.8, 4) is 5.75 Å². The third-order valence-electron chi connectivity index (χ3n) is 4.30. The molecule has 10 heteroatoms. The summed E-state index contributed by atoms with van der Waals surface area (Å²) in [7, 11) is 0. The molecule has 10 nitrogen and oxygen atoms in total. The lowest BCUT2D eigenvalue weighted by atomic mass is 10.1. The summed E-state index contributed by atoms with van der Waals surface area (Å²) in [6, 6.07) is 13.3. The summed E-state index contributed by atoms with van der Waals surface area (Å²) in [5, 5.41) is 21.4. The number of para-hydroxylation sites is 3. The Balaban J connectivity index is 1.75. The molecule has 3 N–H and O–H groups in total. The van der Waals surface area contributed by atoms with Crippen molar-refractivity contribution in [2.45, 2.75) is 6.61 Å². The molecular formula is C20H15N3O7. The van der Waals surface area contributed by atoms with Crippen molar-refractivity contribution in [1.82, 2.24) is 15.0 Å². The second-order valence-corrected chi connectivity index (χ2v) is 6.27. The van der Waals surface area contributed by atoms with Gasteiger partial charge in [0.25, 0.3) is 11.5 Å². The van der Waals surface area contributed by atoms with Gasteiger partial charge in [-0.1, -0.05) is 24.3 Å². The number of oxazole rings is 1. The predicted octanol–water partition coefficient (Wildman–Crippen LogP) is 1.29. The first-order chi connectivity index (χ1) is 14.5. The number of benzene rings is 2. The molecule has 4 rings (SSSR count). The topological polar surface area (TPSA) is 144 Å². The van der Waals surface area contributed by atoms with Crippen molar-refractivity contribution in [2.75, 3.05) is 6.54 Å². The predicted molar refractivity (Wildman–Crippen MR) is 104 cm³/mol. The van der Waals surface area contributed by atoms with Gasteiger partial charge in [0.05, 0.1) is 5.52 Å². The second-order valence-electron chi connectivity index (χ2n) is 6.27. The van der Waals surface area contributed by atoms with Gasteiger partial charge in [0.1, 0.15) is 17.8 Å². The number of pyridine rings is 1. The number of nitrogens with zero attached hydrogens (tertiary/aromatic N) is 2. The SMILES string of the molecule is O=C(O)CNC(=O)c1c(O)c2ccccc2n(OCc2nc3ccccc3o2)c1=O. The summed E-state index contributed by atoms with van der Waals surface area (Å²) in [4.78, 5) is 45.8. The zero-order valence-corrected chi connectivity index (χ0v) is 15.4. The van der Waals surface area contributed by atoms with Crippen LogP contribution in [0.3, 0.4) is 0 Å². The first kappa shape index (κ1) is 19.0. The number of amides is 1. The fourth-order valence-electron chi connectivity index (χ4n) is 2.98. The molecule has 0 radical (unpaired) electrons. The molecule has 0 unspecified atom stereocenters. The minimum atomic E-state index is -1.30. The Morgan fingerprint density at radius 3 is 2.63 bits per heavy atom. The number of rotatable bonds is 6. The molecule has 4 aromatic rings. The van der Waals surface area contributed by atoms with Gasteiger partial charge in [0.15, 0.2) is 17.8 Å². The average molecular weight is 409 g/mol. The van der Waals surface area contributed by atoms with Crippen LogP contribution in [0.4, 0.5) is 0 Å². The number of carboxylic acids is 1. The Hall–Kier alpha value is -4.34. The molecule has 0 bridgehead atoms. The Bertz CT molecular complexity index is 1310. The fraction of sp³-hybridized carbons (Fsp3) is 0.100. The molecular weight excluding hydrogens is 394 g/mol. The molecule has 0 spiro atoms. The van der Waals surface area contributed by atoms with Gasteiger partial charge in [-0.3, -0.25) is 14.4 Å². The van der Waals surface area contributed by atoms with Crippen LogP contribution in [-0.4, -0.2) is 38.3 Å². The van der Waals surface area contributed by atoms with E-state index in [0.717, 1.165) is 4.73 Å². The van der Waals surface area contributed by atoms with Gasteiger partial charge in [-0.2, -0.15) is 0 Å². The van der Waals surface area contributed by atoms with Crippen molar-refractivity contribution in [3.05, 3.63) is 70.3 Å². The van der Waals surface area contributed by atoms with E-state index in [1.54, 1.807) is 36.4 Å². The van der Waals surface area contributed by atoms with Crippen molar-refractivity contribution in [1.29, 1.82) is 0 Å². The average Bonchev–Trinajstić information content (AvgIpc) is 3.15. The van der Waals surface area contributed by atoms with E-state index in [1.165, 1.54) is 12.1 Å². The van der Waals surface area contributed by atoms with Gasteiger partial charge in [-0.15, -0.1) is 4.73 Å². The normalized spacial score (nSPS) is 10.9. The first-order valence-electron chi connectivity index (χ1n) is 8.80. The molecule has 30 heavy (non-hydrogen) atoms. The highest BCUT2D eigenvalue weighted by molar-refractivity contribution is 6.03. The van der Waals surface area contributed by atoms with Gasteiger partial charge >= 0.3 is 5.97 Å². The smallest absolute Gasteiger partial charge is 0.322 e. The van der Waals surface area contributed by atoms with Crippen LogP contribution in [0.5, 0.6) is 5.75 Å². The van der Waals surface area contributed by atoms with E-state index in [1.807, 2.05) is 0 Å². The summed E-state index contributed by atoms with van der Waals surface area (Å²) < 4.78 is 6.41. The van der Waals surface area contributed by atoms with Gasteiger partial charge in [-0.25, -0.2) is 4.98 Å². The number of aliphatic carboxylic acids is 1. The maximum absolute atomic E-state index is 12.9. The number of nitrogens with one attached hydrogen (secondary N) is 1. The maximum Gasteiger partial charge on any atom is 0.322 e. The largest absolute Gasteiger partial charge is 0.506 e. The van der Waals surface area contributed by atoms with Crippen LogP contribution in [0.2, 0.25) is 0 Å². The Morgan fingerprint density at radius 2 is 1.87 bits per heavy atom. The van der Waals surface area contributed by atoms with Gasteiger partial charge in [0, 0.05) is 5.39 Å². The quantitative estimate of drug-likeness (QED) is 0.432. The fourth-order valence-corrected chi connectivity index (χ4v) is 2.98. The number of carbonyl (C=O) groups excluding carboxylic acids is 1. The molecule has 0 aliphatic heterocycles. The van der Waals surface area contributed by atoms with E-state index in [9.17, 15) is 19.5 Å². The van der Waals surface area contributed by atoms with E-state index in [2.05, 4.69) is 10.3 Å². The molecule has 2 aromatic heterocycles. The van der Waals surface area contributed by atoms with Gasteiger partial charge in [-0.05, 0) is 24.3 Å². The van der Waals surface area contributed by atoms with Crippen molar-refractivity contribution in [2.24, 2.45) is 0 Å². The third-order valence-corrected chi connectivity index (χ3v) is 4.30. The van der Waals surface area contributed by atoms with Gasteiger partial charge in [0.2, 0.25) is 5.89 Å². The van der Waals surface area contributed by atoms with Gasteiger partial charge < -0.3 is 24.8 Å². The summed E-state index contributed by atoms with van der Waals surface area (Å²) in [5.74, 6) is -2.70. The van der Waals surface area contributed by atoms with Crippen LogP contribution in [0.1, 0.15) is 16.2 Å². The number of hydrogen-bond acceptors (Lipinski definition) is 7. The molecule has 152 valence electrons. The van der Waals surface area contributed by atoms with Crippen LogP contribution in [0.15, 0.2) is 57.7 Å². The molecule has 0 fully saturated rings. The number of aromatic hydroxyl groups is 1. The lowest BCUT2D eigenvalue weighted by Gasteiger charge is -2.14. The lowest BCUT2D eigenvalue weighted by molar-refractivity contribution is -0.135. The number of hydrogen-bond donors (Lipinski definition) is 3. The summed E-state index contributed by atoms with van der Waals surface area (Å²) >= 11 is 0. The molecule has 0 aliphatic rings. The van der Waals surface area contributed by atoms with Crippen molar-refractivity contribution >= 4 is 33.9 Å². The molecule has 0 saturated carbocycles. The zero-order valence-electron chi connectivity index (χ0n) is 15.4. The molecule has 0 atom stereocenters. The molecule has 2 heterocycles. The van der Waals surface area contributed by atoms with Crippen LogP contribution >= 0.6 is 0 Å². The van der Waals surface area contributed by atoms with Crippen molar-refractivity contribution in [3.63, 3.8) is 0 Å². The van der Waals surface area contributed by atoms with Crippen LogP contribution < -0.4 is 15.7 Å². The Kier molecular flexibility index (Phi) is 4.80. The van der Waals surface area contributed by atoms with E-state index < -0.39 is 35.3 Å². The summed E-state index contributed by atoms with van der Waals surface area (Å²) in [6.45, 7) is -0.937. The van der Waals surface area contributed by atoms with Crippen molar-refractivity contribution < 1.29 is 29.1 Å². The highest BCUT2D eigenvalue weighted by Crippen LogP contribution is 2.26. The number of fused-ring (bicyclic) bond motifs is 2. The van der Waals surface area contributed by atoms with Crippen LogP contribution in [0, 0.1) is 0 Å². The second kappa shape index (κ2) is 7.59. The molecule has 1 amide bonds. The van der Waals surface area contributed by atoms with Crippen LogP contribution in [-0.2, 0) is 11.4 Å². The number of carboxylic acid groups (broad SMARTS) is 1. The highest BCUT2D eigenvalue weighted by atomic mass is 16.7. The summed E-state index contributed by atoms with van der Waals surface area (Å²) in [6.07, 6.45) is 0. The van der Waals surface area contributed by atoms with Crippen LogP contribution in [0.25, 0.3) is 22.0 Å². The monoisotopic (exact) mass is 409 g/mol. The highest BCUT2D eigenvalue weighted by Gasteiger charge is 2.23. The minimum Gasteiger partial charge on any atom is -0.506 e. The third kappa shape index (κ3) is 3.41. The van der Waals surface area contributed by atoms with E-state index >= 15 is 0 Å². The molecule has 0 aliphatic carbocycles. The minimum absolute atomic E-state index is 0.176. The standard InChI is InChI=1S/C20H15N3O7/c24-16(25)9-21-19(27)17-18(26)11-5-1-3-7-13(11)23(20(17)28)29-10-15-22-12-6-2-4-8-14(12)30-15/h1-8,26H,9-10H2,(H,21,27)(H,24,25). The zero-order chi connectivity index (χ0) is 21.3. The maximum atomic E-state index is 12.9. The Morgan fingerprint density at radius 1 is 1.13 bits per heavy atom. The van der Waals surface area contributed by atoms with E-state index in [-0.39, 0.29) is 23.4 Å². The lowest BCUT2D eigenvalue weighted by Crippen LogP contribution is -2.37.